The van der Waals surface area contributed by atoms with Crippen molar-refractivity contribution < 1.29 is 0 Å². The summed E-state index contributed by atoms with van der Waals surface area (Å²) < 4.78 is 2.60. The Balaban J connectivity index is 1.00. The zero-order chi connectivity index (χ0) is 78.5. The van der Waals surface area contributed by atoms with Gasteiger partial charge in [-0.3, -0.25) is 0 Å². The van der Waals surface area contributed by atoms with Crippen molar-refractivity contribution in [3.63, 3.8) is 0 Å². The van der Waals surface area contributed by atoms with Gasteiger partial charge in [0.25, 0.3) is 6.71 Å². The maximum atomic E-state index is 2.80. The first-order chi connectivity index (χ1) is 53.8. The number of hydrogen-bond donors (Lipinski definition) is 0. The van der Waals surface area contributed by atoms with Crippen LogP contribution in [-0.4, -0.2) is 11.3 Å². The average molecular weight is 1460 g/mol. The molecule has 556 valence electrons. The summed E-state index contributed by atoms with van der Waals surface area (Å²) in [6, 6.07) is 115. The molecule has 15 aromatic rings. The van der Waals surface area contributed by atoms with Gasteiger partial charge in [-0.2, -0.15) is 0 Å². The van der Waals surface area contributed by atoms with Gasteiger partial charge in [-0.05, 0) is 245 Å². The molecule has 0 bridgehead atoms. The molecule has 1 spiro atoms. The van der Waals surface area contributed by atoms with Gasteiger partial charge in [-0.25, -0.2) is 0 Å². The summed E-state index contributed by atoms with van der Waals surface area (Å²) in [6.07, 6.45) is 0. The van der Waals surface area contributed by atoms with E-state index in [4.69, 9.17) is 0 Å². The van der Waals surface area contributed by atoms with E-state index in [0.29, 0.717) is 0 Å². The third kappa shape index (κ3) is 11.4. The summed E-state index contributed by atoms with van der Waals surface area (Å²) in [6.45, 7) is 42.3. The minimum absolute atomic E-state index is 0.0641. The lowest BCUT2D eigenvalue weighted by molar-refractivity contribution is 0.589. The van der Waals surface area contributed by atoms with E-state index in [1.807, 2.05) is 0 Å². The van der Waals surface area contributed by atoms with Crippen LogP contribution >= 0.6 is 0 Å². The van der Waals surface area contributed by atoms with Gasteiger partial charge in [0.2, 0.25) is 0 Å². The quantitative estimate of drug-likeness (QED) is 0.147. The summed E-state index contributed by atoms with van der Waals surface area (Å²) >= 11 is 0. The molecule has 0 unspecified atom stereocenters. The van der Waals surface area contributed by atoms with Crippen molar-refractivity contribution in [2.24, 2.45) is 0 Å². The lowest BCUT2D eigenvalue weighted by Gasteiger charge is -2.46. The van der Waals surface area contributed by atoms with Gasteiger partial charge in [-0.1, -0.05) is 331 Å². The van der Waals surface area contributed by atoms with E-state index in [1.165, 1.54) is 167 Å². The summed E-state index contributed by atoms with van der Waals surface area (Å²) in [5, 5.41) is 2.54. The molecular formula is C109H102BN3. The fourth-order valence-corrected chi connectivity index (χ4v) is 19.3. The number of nitrogens with zero attached hydrogens (tertiary/aromatic N) is 3. The van der Waals surface area contributed by atoms with Crippen molar-refractivity contribution in [3.8, 4) is 72.4 Å². The molecule has 3 nitrogen and oxygen atoms in total. The van der Waals surface area contributed by atoms with Gasteiger partial charge in [0.15, 0.2) is 0 Å². The highest BCUT2D eigenvalue weighted by Gasteiger charge is 2.54. The minimum atomic E-state index is -0.612. The molecule has 2 aliphatic heterocycles. The number of fused-ring (bicyclic) bond motifs is 17. The summed E-state index contributed by atoms with van der Waals surface area (Å²) in [5.74, 6) is 0. The molecule has 0 fully saturated rings. The lowest BCUT2D eigenvalue weighted by Crippen LogP contribution is -2.61. The Hall–Kier alpha value is -11.5. The van der Waals surface area contributed by atoms with Crippen LogP contribution in [0.5, 0.6) is 0 Å². The van der Waals surface area contributed by atoms with E-state index in [-0.39, 0.29) is 39.2 Å². The standard InChI is InChI=1S/C109H102BN3/c1-103(2,3)73-45-41-69(42-46-73)84-60-77(107(13,14)15)61-85(70-43-47-74(48-44-70)104(4,5)6)102(84)113-97-64-79(111-95-53-49-75(105(7,8)9)58-87(95)88-59-76(106(10,11)12)50-54-96(88)111)51-52-93(97)110-94-66-92-86(83-37-27-30-40-91(83)109(92)89-38-28-25-35-81(89)82-36-26-29-39-90(82)109)65-98(94)112(99-62-78(108(16,17)18)63-100(113)101(99)110)80-56-71(67-31-21-19-22-32-67)55-72(57-80)68-33-23-20-24-34-68/h19-66H,1-18H3. The van der Waals surface area contributed by atoms with Crippen LogP contribution in [0.1, 0.15) is 180 Å². The SMILES string of the molecule is CC(C)(C)c1ccc(-c2cc(C(C)(C)C)cc(-c3ccc(C(C)(C)C)cc3)c2N2c3cc(-n4c5ccc(C(C)(C)C)cc5c5cc(C(C)(C)C)ccc54)ccc3B3c4cc5c(cc4N(c4cc(-c6ccccc6)cc(-c6ccccc6)c4)c4cc(C(C)(C)C)cc2c43)-c2ccccc2C52c3ccccc3-c3ccccc32)cc1. The molecule has 14 aromatic carbocycles. The van der Waals surface area contributed by atoms with E-state index in [2.05, 4.69) is 430 Å². The van der Waals surface area contributed by atoms with Crippen molar-refractivity contribution in [2.75, 3.05) is 9.80 Å². The molecule has 0 saturated carbocycles. The zero-order valence-corrected chi connectivity index (χ0v) is 69.1. The normalized spacial score (nSPS) is 14.1. The van der Waals surface area contributed by atoms with Crippen LogP contribution in [0.3, 0.4) is 0 Å². The number of anilines is 6. The predicted octanol–water partition coefficient (Wildman–Crippen LogP) is 27.7. The minimum Gasteiger partial charge on any atom is -0.311 e. The fourth-order valence-electron chi connectivity index (χ4n) is 19.3. The van der Waals surface area contributed by atoms with Crippen LogP contribution in [0.25, 0.3) is 94.3 Å². The summed E-state index contributed by atoms with van der Waals surface area (Å²) in [4.78, 5) is 5.52. The second kappa shape index (κ2) is 25.3. The summed E-state index contributed by atoms with van der Waals surface area (Å²) in [7, 11) is 0. The third-order valence-corrected chi connectivity index (χ3v) is 25.5. The number of aromatic nitrogens is 1. The maximum Gasteiger partial charge on any atom is 0.252 e. The molecule has 0 N–H and O–H groups in total. The first-order valence-electron chi connectivity index (χ1n) is 41.0. The molecule has 1 aromatic heterocycles. The predicted molar refractivity (Wildman–Crippen MR) is 485 cm³/mol. The molecule has 3 heterocycles. The van der Waals surface area contributed by atoms with Crippen LogP contribution in [0.2, 0.25) is 0 Å². The van der Waals surface area contributed by atoms with Gasteiger partial charge in [0.1, 0.15) is 0 Å². The van der Waals surface area contributed by atoms with Gasteiger partial charge in [0.05, 0.1) is 22.1 Å². The first kappa shape index (κ1) is 71.8. The second-order valence-corrected chi connectivity index (χ2v) is 39.0. The van der Waals surface area contributed by atoms with Gasteiger partial charge in [-0.15, -0.1) is 0 Å². The Morgan fingerprint density at radius 2 is 0.637 bits per heavy atom. The van der Waals surface area contributed by atoms with Crippen LogP contribution in [0.4, 0.5) is 34.1 Å². The third-order valence-electron chi connectivity index (χ3n) is 25.5. The second-order valence-electron chi connectivity index (χ2n) is 39.0. The highest BCUT2D eigenvalue weighted by molar-refractivity contribution is 7.00. The van der Waals surface area contributed by atoms with Crippen LogP contribution in [0, 0.1) is 0 Å². The monoisotopic (exact) mass is 1460 g/mol. The fraction of sp³-hybridized carbons (Fsp3) is 0.229. The van der Waals surface area contributed by atoms with Gasteiger partial charge < -0.3 is 14.4 Å². The lowest BCUT2D eigenvalue weighted by atomic mass is 9.33. The molecule has 0 amide bonds. The first-order valence-corrected chi connectivity index (χ1v) is 41.0. The molecule has 19 rings (SSSR count). The molecular weight excluding hydrogens is 1360 g/mol. The van der Waals surface area contributed by atoms with Gasteiger partial charge in [0, 0.05) is 56.0 Å². The zero-order valence-electron chi connectivity index (χ0n) is 69.1. The largest absolute Gasteiger partial charge is 0.311 e. The van der Waals surface area contributed by atoms with Crippen LogP contribution in [-0.2, 0) is 37.9 Å². The average Bonchev–Trinajstić information content (AvgIpc) is 1.54. The van der Waals surface area contributed by atoms with Crippen molar-refractivity contribution >= 4 is 79.0 Å². The Bertz CT molecular complexity index is 6150. The topological polar surface area (TPSA) is 11.4 Å². The Labute approximate surface area is 670 Å². The van der Waals surface area contributed by atoms with Gasteiger partial charge >= 0.3 is 0 Å². The van der Waals surface area contributed by atoms with Crippen LogP contribution < -0.4 is 26.2 Å². The Morgan fingerprint density at radius 3 is 1.09 bits per heavy atom. The number of benzene rings is 14. The van der Waals surface area contributed by atoms with Crippen molar-refractivity contribution in [3.05, 3.63) is 347 Å². The molecule has 0 atom stereocenters. The Morgan fingerprint density at radius 1 is 0.239 bits per heavy atom. The van der Waals surface area contributed by atoms with E-state index < -0.39 is 5.41 Å². The Kier molecular flexibility index (Phi) is 16.1. The molecule has 4 heteroatoms. The highest BCUT2D eigenvalue weighted by atomic mass is 15.2. The number of hydrogen-bond acceptors (Lipinski definition) is 2. The molecule has 2 aliphatic carbocycles. The molecule has 0 saturated heterocycles. The molecule has 0 radical (unpaired) electrons. The van der Waals surface area contributed by atoms with Crippen LogP contribution in [0.15, 0.2) is 291 Å². The van der Waals surface area contributed by atoms with E-state index in [9.17, 15) is 0 Å². The van der Waals surface area contributed by atoms with E-state index in [1.54, 1.807) is 0 Å². The molecule has 113 heavy (non-hydrogen) atoms. The van der Waals surface area contributed by atoms with E-state index in [0.717, 1.165) is 33.9 Å². The number of rotatable bonds is 7. The smallest absolute Gasteiger partial charge is 0.252 e. The summed E-state index contributed by atoms with van der Waals surface area (Å²) in [5.41, 5.74) is 40.4. The van der Waals surface area contributed by atoms with E-state index >= 15 is 0 Å². The van der Waals surface area contributed by atoms with Crippen molar-refractivity contribution in [2.45, 2.75) is 163 Å². The van der Waals surface area contributed by atoms with Crippen molar-refractivity contribution in [1.29, 1.82) is 0 Å². The van der Waals surface area contributed by atoms with Crippen molar-refractivity contribution in [1.82, 2.24) is 4.57 Å². The maximum absolute atomic E-state index is 2.80. The highest BCUT2D eigenvalue weighted by Crippen LogP contribution is 2.64. The molecule has 4 aliphatic rings.